The van der Waals surface area contributed by atoms with Crippen molar-refractivity contribution in [3.8, 4) is 0 Å². The summed E-state index contributed by atoms with van der Waals surface area (Å²) < 4.78 is 0. The van der Waals surface area contributed by atoms with Crippen molar-refractivity contribution in [2.45, 2.75) is 13.8 Å². The quantitative estimate of drug-likeness (QED) is 0.681. The summed E-state index contributed by atoms with van der Waals surface area (Å²) in [5.41, 5.74) is 4.52. The SMILES string of the molecule is C=C/C=C(\C)C(=C)N(C)c1ccc(C)cc1. The van der Waals surface area contributed by atoms with E-state index in [9.17, 15) is 0 Å². The third-order valence-electron chi connectivity index (χ3n) is 2.65. The lowest BCUT2D eigenvalue weighted by Gasteiger charge is -2.22. The second-order valence-corrected chi connectivity index (χ2v) is 3.93. The molecule has 0 saturated heterocycles. The van der Waals surface area contributed by atoms with E-state index in [1.807, 2.05) is 20.0 Å². The molecule has 1 aromatic carbocycles. The van der Waals surface area contributed by atoms with Gasteiger partial charge in [-0.1, -0.05) is 43.0 Å². The van der Waals surface area contributed by atoms with Crippen LogP contribution >= 0.6 is 0 Å². The van der Waals surface area contributed by atoms with E-state index in [1.165, 1.54) is 5.56 Å². The smallest absolute Gasteiger partial charge is 0.0408 e. The number of anilines is 1. The van der Waals surface area contributed by atoms with Crippen molar-refractivity contribution in [2.75, 3.05) is 11.9 Å². The summed E-state index contributed by atoms with van der Waals surface area (Å²) in [4.78, 5) is 2.08. The minimum Gasteiger partial charge on any atom is -0.345 e. The predicted molar refractivity (Wildman–Crippen MR) is 72.7 cm³/mol. The van der Waals surface area contributed by atoms with E-state index in [4.69, 9.17) is 0 Å². The minimum absolute atomic E-state index is 0.990. The van der Waals surface area contributed by atoms with Crippen LogP contribution in [0.2, 0.25) is 0 Å². The van der Waals surface area contributed by atoms with Crippen LogP contribution in [0.25, 0.3) is 0 Å². The predicted octanol–water partition coefficient (Wildman–Crippen LogP) is 4.08. The van der Waals surface area contributed by atoms with E-state index in [0.29, 0.717) is 0 Å². The molecule has 0 N–H and O–H groups in total. The minimum atomic E-state index is 0.990. The van der Waals surface area contributed by atoms with Crippen LogP contribution in [0.4, 0.5) is 5.69 Å². The number of rotatable bonds is 4. The summed E-state index contributed by atoms with van der Waals surface area (Å²) in [6, 6.07) is 8.40. The summed E-state index contributed by atoms with van der Waals surface area (Å²) in [5, 5.41) is 0. The van der Waals surface area contributed by atoms with Crippen LogP contribution < -0.4 is 4.90 Å². The molecule has 1 rings (SSSR count). The Bertz CT molecular complexity index is 410. The molecule has 0 fully saturated rings. The molecular weight excluding hydrogens is 194 g/mol. The third-order valence-corrected chi connectivity index (χ3v) is 2.65. The van der Waals surface area contributed by atoms with Gasteiger partial charge in [0.15, 0.2) is 0 Å². The third kappa shape index (κ3) is 2.86. The van der Waals surface area contributed by atoms with Crippen LogP contribution in [0.3, 0.4) is 0 Å². The highest BCUT2D eigenvalue weighted by Crippen LogP contribution is 2.21. The van der Waals surface area contributed by atoms with E-state index in [2.05, 4.69) is 49.2 Å². The van der Waals surface area contributed by atoms with Crippen molar-refractivity contribution in [3.63, 3.8) is 0 Å². The maximum Gasteiger partial charge on any atom is 0.0408 e. The summed E-state index contributed by atoms with van der Waals surface area (Å²) in [7, 11) is 2.02. The van der Waals surface area contributed by atoms with Crippen molar-refractivity contribution in [3.05, 3.63) is 66.4 Å². The molecule has 0 radical (unpaired) electrons. The lowest BCUT2D eigenvalue weighted by Crippen LogP contribution is -2.16. The molecule has 0 aliphatic carbocycles. The molecule has 0 amide bonds. The molecule has 0 unspecified atom stereocenters. The Kier molecular flexibility index (Phi) is 4.12. The highest BCUT2D eigenvalue weighted by molar-refractivity contribution is 5.55. The number of hydrogen-bond acceptors (Lipinski definition) is 1. The lowest BCUT2D eigenvalue weighted by atomic mass is 10.1. The van der Waals surface area contributed by atoms with E-state index in [-0.39, 0.29) is 0 Å². The molecule has 0 saturated carbocycles. The largest absolute Gasteiger partial charge is 0.345 e. The molecule has 1 heteroatoms. The van der Waals surface area contributed by atoms with Crippen molar-refractivity contribution >= 4 is 5.69 Å². The number of hydrogen-bond donors (Lipinski definition) is 0. The van der Waals surface area contributed by atoms with Gasteiger partial charge in [-0.05, 0) is 31.6 Å². The average Bonchev–Trinajstić information content (AvgIpc) is 2.28. The molecule has 84 valence electrons. The Morgan fingerprint density at radius 2 is 1.81 bits per heavy atom. The van der Waals surface area contributed by atoms with Crippen molar-refractivity contribution < 1.29 is 0 Å². The first-order valence-electron chi connectivity index (χ1n) is 5.35. The Morgan fingerprint density at radius 3 is 2.31 bits per heavy atom. The fraction of sp³-hybridized carbons (Fsp3) is 0.200. The van der Waals surface area contributed by atoms with Crippen LogP contribution in [0.15, 0.2) is 60.8 Å². The van der Waals surface area contributed by atoms with Gasteiger partial charge < -0.3 is 4.90 Å². The molecule has 0 heterocycles. The number of benzene rings is 1. The van der Waals surface area contributed by atoms with E-state index in [0.717, 1.165) is 17.0 Å². The van der Waals surface area contributed by atoms with E-state index in [1.54, 1.807) is 6.08 Å². The van der Waals surface area contributed by atoms with Gasteiger partial charge in [0, 0.05) is 18.4 Å². The normalized spacial score (nSPS) is 11.1. The number of allylic oxidation sites excluding steroid dienone is 3. The summed E-state index contributed by atoms with van der Waals surface area (Å²) >= 11 is 0. The number of likely N-dealkylation sites (N-methyl/N-ethyl adjacent to an activating group) is 1. The van der Waals surface area contributed by atoms with Gasteiger partial charge in [-0.25, -0.2) is 0 Å². The van der Waals surface area contributed by atoms with Gasteiger partial charge in [0.1, 0.15) is 0 Å². The van der Waals surface area contributed by atoms with Gasteiger partial charge in [-0.3, -0.25) is 0 Å². The van der Waals surface area contributed by atoms with E-state index < -0.39 is 0 Å². The Labute approximate surface area is 98.4 Å². The van der Waals surface area contributed by atoms with Gasteiger partial charge in [0.05, 0.1) is 0 Å². The Morgan fingerprint density at radius 1 is 1.25 bits per heavy atom. The van der Waals surface area contributed by atoms with Gasteiger partial charge in [-0.15, -0.1) is 0 Å². The van der Waals surface area contributed by atoms with Crippen LogP contribution in [0, 0.1) is 6.92 Å². The highest BCUT2D eigenvalue weighted by Gasteiger charge is 2.05. The average molecular weight is 213 g/mol. The van der Waals surface area contributed by atoms with Crippen LogP contribution in [0.5, 0.6) is 0 Å². The lowest BCUT2D eigenvalue weighted by molar-refractivity contribution is 1.10. The molecule has 1 nitrogen and oxygen atoms in total. The van der Waals surface area contributed by atoms with Crippen LogP contribution in [-0.4, -0.2) is 7.05 Å². The fourth-order valence-electron chi connectivity index (χ4n) is 1.46. The van der Waals surface area contributed by atoms with E-state index >= 15 is 0 Å². The molecule has 0 aliphatic rings. The van der Waals surface area contributed by atoms with Crippen molar-refractivity contribution in [1.29, 1.82) is 0 Å². The van der Waals surface area contributed by atoms with Gasteiger partial charge in [-0.2, -0.15) is 0 Å². The van der Waals surface area contributed by atoms with Crippen LogP contribution in [0.1, 0.15) is 12.5 Å². The fourth-order valence-corrected chi connectivity index (χ4v) is 1.46. The summed E-state index contributed by atoms with van der Waals surface area (Å²) in [6.07, 6.45) is 3.75. The molecule has 0 aliphatic heterocycles. The first kappa shape index (κ1) is 12.3. The molecule has 16 heavy (non-hydrogen) atoms. The van der Waals surface area contributed by atoms with Gasteiger partial charge in [0.25, 0.3) is 0 Å². The topological polar surface area (TPSA) is 3.24 Å². The molecular formula is C15H19N. The molecule has 0 atom stereocenters. The zero-order valence-corrected chi connectivity index (χ0v) is 10.3. The summed E-state index contributed by atoms with van der Waals surface area (Å²) in [5.74, 6) is 0. The van der Waals surface area contributed by atoms with Crippen molar-refractivity contribution in [1.82, 2.24) is 0 Å². The monoisotopic (exact) mass is 213 g/mol. The van der Waals surface area contributed by atoms with Crippen molar-refractivity contribution in [2.24, 2.45) is 0 Å². The van der Waals surface area contributed by atoms with Gasteiger partial charge >= 0.3 is 0 Å². The molecule has 0 bridgehead atoms. The maximum absolute atomic E-state index is 4.08. The Hall–Kier alpha value is -1.76. The molecule has 0 aromatic heterocycles. The second kappa shape index (κ2) is 5.36. The molecule has 1 aromatic rings. The zero-order chi connectivity index (χ0) is 12.1. The maximum atomic E-state index is 4.08. The first-order valence-corrected chi connectivity index (χ1v) is 5.35. The number of aryl methyl sites for hydroxylation is 1. The second-order valence-electron chi connectivity index (χ2n) is 3.93. The number of nitrogens with zero attached hydrogens (tertiary/aromatic N) is 1. The van der Waals surface area contributed by atoms with Crippen LogP contribution in [-0.2, 0) is 0 Å². The Balaban J connectivity index is 2.90. The zero-order valence-electron chi connectivity index (χ0n) is 10.3. The van der Waals surface area contributed by atoms with Gasteiger partial charge in [0.2, 0.25) is 0 Å². The molecule has 0 spiro atoms. The first-order chi connectivity index (χ1) is 7.56. The standard InChI is InChI=1S/C15H19N/c1-6-7-13(3)14(4)16(5)15-10-8-12(2)9-11-15/h6-11H,1,4H2,2-3,5H3/b13-7+. The summed E-state index contributed by atoms with van der Waals surface area (Å²) in [6.45, 7) is 11.9. The highest BCUT2D eigenvalue weighted by atomic mass is 15.1.